The minimum absolute atomic E-state index is 0.110. The van der Waals surface area contributed by atoms with E-state index < -0.39 is 9.84 Å². The number of hydrogen-bond donors (Lipinski definition) is 1. The molecule has 29 heavy (non-hydrogen) atoms. The van der Waals surface area contributed by atoms with Crippen molar-refractivity contribution in [3.8, 4) is 0 Å². The van der Waals surface area contributed by atoms with Crippen molar-refractivity contribution in [1.29, 1.82) is 0 Å². The smallest absolute Gasteiger partial charge is 0.224 e. The van der Waals surface area contributed by atoms with Crippen molar-refractivity contribution in [2.75, 3.05) is 27.2 Å². The number of nitrogens with zero attached hydrogens (tertiary/aromatic N) is 2. The van der Waals surface area contributed by atoms with E-state index in [1.807, 2.05) is 67.5 Å². The Hall–Kier alpha value is -2.74. The Bertz CT molecular complexity index is 1260. The monoisotopic (exact) mass is 409 g/mol. The Morgan fingerprint density at radius 2 is 1.79 bits per heavy atom. The molecule has 0 bridgehead atoms. The van der Waals surface area contributed by atoms with Crippen LogP contribution in [-0.4, -0.2) is 50.8 Å². The number of nitrogens with one attached hydrogen (secondary N) is 1. The van der Waals surface area contributed by atoms with Gasteiger partial charge in [-0.05, 0) is 43.2 Å². The molecule has 0 atom stereocenters. The van der Waals surface area contributed by atoms with Gasteiger partial charge >= 0.3 is 0 Å². The fraction of sp³-hybridized carbons (Fsp3) is 0.227. The second-order valence-corrected chi connectivity index (χ2v) is 9.10. The van der Waals surface area contributed by atoms with Crippen molar-refractivity contribution in [2.24, 2.45) is 0 Å². The molecule has 150 valence electrons. The highest BCUT2D eigenvalue weighted by molar-refractivity contribution is 7.91. The quantitative estimate of drug-likeness (QED) is 0.472. The van der Waals surface area contributed by atoms with Gasteiger partial charge in [-0.25, -0.2) is 8.42 Å². The summed E-state index contributed by atoms with van der Waals surface area (Å²) in [6.45, 7) is 1.86. The summed E-state index contributed by atoms with van der Waals surface area (Å²) in [4.78, 5) is 2.32. The van der Waals surface area contributed by atoms with E-state index in [9.17, 15) is 8.42 Å². The Morgan fingerprint density at radius 3 is 2.62 bits per heavy atom. The van der Waals surface area contributed by atoms with Crippen molar-refractivity contribution in [3.05, 3.63) is 66.2 Å². The number of likely N-dealkylation sites (N-methyl/N-ethyl adjacent to an activating group) is 1. The minimum atomic E-state index is -3.77. The number of sulfone groups is 1. The lowest BCUT2D eigenvalue weighted by Gasteiger charge is -2.10. The minimum Gasteiger partial charge on any atom is -0.375 e. The molecule has 0 spiro atoms. The molecule has 0 aliphatic rings. The van der Waals surface area contributed by atoms with E-state index in [2.05, 4.69) is 10.2 Å². The van der Waals surface area contributed by atoms with E-state index in [-0.39, 0.29) is 9.92 Å². The van der Waals surface area contributed by atoms with E-state index in [1.54, 1.807) is 12.1 Å². The van der Waals surface area contributed by atoms with Crippen molar-refractivity contribution in [2.45, 2.75) is 16.5 Å². The Kier molecular flexibility index (Phi) is 5.36. The molecule has 6 nitrogen and oxygen atoms in total. The highest BCUT2D eigenvalue weighted by Crippen LogP contribution is 2.31. The SMILES string of the molecule is CN(C)CCOCc1ccc2n[nH]c(S(=O)(=O)c3cccc4ccccc34)c2c1. The summed E-state index contributed by atoms with van der Waals surface area (Å²) in [6.07, 6.45) is 0. The first-order valence-electron chi connectivity index (χ1n) is 9.39. The number of ether oxygens (including phenoxy) is 1. The van der Waals surface area contributed by atoms with Crippen LogP contribution in [0, 0.1) is 0 Å². The van der Waals surface area contributed by atoms with E-state index in [0.29, 0.717) is 29.5 Å². The summed E-state index contributed by atoms with van der Waals surface area (Å²) in [6, 6.07) is 18.3. The number of aromatic amines is 1. The molecule has 4 rings (SSSR count). The third-order valence-corrected chi connectivity index (χ3v) is 6.63. The second kappa shape index (κ2) is 7.94. The lowest BCUT2D eigenvalue weighted by atomic mass is 10.1. The van der Waals surface area contributed by atoms with Crippen LogP contribution < -0.4 is 0 Å². The van der Waals surface area contributed by atoms with E-state index >= 15 is 0 Å². The molecule has 0 aliphatic heterocycles. The molecule has 1 heterocycles. The summed E-state index contributed by atoms with van der Waals surface area (Å²) < 4.78 is 32.6. The van der Waals surface area contributed by atoms with Crippen LogP contribution in [-0.2, 0) is 21.2 Å². The van der Waals surface area contributed by atoms with Gasteiger partial charge in [-0.1, -0.05) is 42.5 Å². The van der Waals surface area contributed by atoms with E-state index in [1.165, 1.54) is 0 Å². The third kappa shape index (κ3) is 3.89. The van der Waals surface area contributed by atoms with Crippen LogP contribution in [0.2, 0.25) is 0 Å². The molecule has 0 radical (unpaired) electrons. The predicted molar refractivity (Wildman–Crippen MR) is 114 cm³/mol. The van der Waals surface area contributed by atoms with Crippen LogP contribution in [0.4, 0.5) is 0 Å². The summed E-state index contributed by atoms with van der Waals surface area (Å²) >= 11 is 0. The summed E-state index contributed by atoms with van der Waals surface area (Å²) in [5.74, 6) is 0. The molecule has 4 aromatic rings. The summed E-state index contributed by atoms with van der Waals surface area (Å²) in [7, 11) is 0.215. The van der Waals surface area contributed by atoms with Gasteiger partial charge in [-0.15, -0.1) is 0 Å². The normalized spacial score (nSPS) is 12.2. The Labute approximate surface area is 170 Å². The van der Waals surface area contributed by atoms with Gasteiger partial charge in [-0.2, -0.15) is 5.10 Å². The molecular formula is C22H23N3O3S. The summed E-state index contributed by atoms with van der Waals surface area (Å²) in [5, 5.41) is 9.20. The maximum atomic E-state index is 13.5. The largest absolute Gasteiger partial charge is 0.375 e. The topological polar surface area (TPSA) is 75.3 Å². The third-order valence-electron chi connectivity index (χ3n) is 4.84. The Balaban J connectivity index is 1.72. The average molecular weight is 410 g/mol. The lowest BCUT2D eigenvalue weighted by molar-refractivity contribution is 0.105. The number of aromatic nitrogens is 2. The molecular weight excluding hydrogens is 386 g/mol. The molecule has 1 N–H and O–H groups in total. The van der Waals surface area contributed by atoms with Crippen molar-refractivity contribution < 1.29 is 13.2 Å². The zero-order chi connectivity index (χ0) is 20.4. The van der Waals surface area contributed by atoms with Gasteiger partial charge in [0.1, 0.15) is 0 Å². The zero-order valence-electron chi connectivity index (χ0n) is 16.4. The first-order valence-corrected chi connectivity index (χ1v) is 10.9. The van der Waals surface area contributed by atoms with Gasteiger partial charge in [0.15, 0.2) is 5.03 Å². The van der Waals surface area contributed by atoms with Crippen LogP contribution in [0.3, 0.4) is 0 Å². The molecule has 0 saturated carbocycles. The fourth-order valence-electron chi connectivity index (χ4n) is 3.31. The lowest BCUT2D eigenvalue weighted by Crippen LogP contribution is -2.17. The number of rotatable bonds is 7. The van der Waals surface area contributed by atoms with Crippen molar-refractivity contribution in [1.82, 2.24) is 15.1 Å². The molecule has 0 amide bonds. The molecule has 3 aromatic carbocycles. The fourth-order valence-corrected chi connectivity index (χ4v) is 4.88. The van der Waals surface area contributed by atoms with Crippen LogP contribution in [0.25, 0.3) is 21.7 Å². The van der Waals surface area contributed by atoms with Crippen molar-refractivity contribution >= 4 is 31.5 Å². The maximum Gasteiger partial charge on any atom is 0.224 e. The predicted octanol–water partition coefficient (Wildman–Crippen LogP) is 3.63. The second-order valence-electron chi connectivity index (χ2n) is 7.24. The molecule has 0 fully saturated rings. The molecule has 0 saturated heterocycles. The van der Waals surface area contributed by atoms with Crippen LogP contribution in [0.15, 0.2) is 70.6 Å². The first kappa shape index (κ1) is 19.6. The summed E-state index contributed by atoms with van der Waals surface area (Å²) in [5.41, 5.74) is 1.52. The number of fused-ring (bicyclic) bond motifs is 2. The molecule has 7 heteroatoms. The molecule has 0 unspecified atom stereocenters. The number of benzene rings is 3. The Morgan fingerprint density at radius 1 is 1.00 bits per heavy atom. The number of hydrogen-bond acceptors (Lipinski definition) is 5. The van der Waals surface area contributed by atoms with Gasteiger partial charge in [0.25, 0.3) is 0 Å². The zero-order valence-corrected chi connectivity index (χ0v) is 17.2. The van der Waals surface area contributed by atoms with E-state index in [4.69, 9.17) is 4.74 Å². The van der Waals surface area contributed by atoms with E-state index in [0.717, 1.165) is 17.5 Å². The molecule has 1 aromatic heterocycles. The van der Waals surface area contributed by atoms with Crippen LogP contribution in [0.5, 0.6) is 0 Å². The van der Waals surface area contributed by atoms with Gasteiger partial charge in [0.05, 0.1) is 23.6 Å². The van der Waals surface area contributed by atoms with Gasteiger partial charge in [0.2, 0.25) is 9.84 Å². The van der Waals surface area contributed by atoms with Gasteiger partial charge in [0, 0.05) is 17.3 Å². The van der Waals surface area contributed by atoms with Crippen LogP contribution >= 0.6 is 0 Å². The highest BCUT2D eigenvalue weighted by Gasteiger charge is 2.25. The average Bonchev–Trinajstić information content (AvgIpc) is 3.15. The van der Waals surface area contributed by atoms with Crippen LogP contribution in [0.1, 0.15) is 5.56 Å². The highest BCUT2D eigenvalue weighted by atomic mass is 32.2. The maximum absolute atomic E-state index is 13.5. The molecule has 0 aliphatic carbocycles. The van der Waals surface area contributed by atoms with Crippen molar-refractivity contribution in [3.63, 3.8) is 0 Å². The standard InChI is InChI=1S/C22H23N3O3S/c1-25(2)12-13-28-15-16-10-11-20-19(14-16)22(24-23-20)29(26,27)21-9-5-7-17-6-3-4-8-18(17)21/h3-11,14H,12-13,15H2,1-2H3,(H,23,24). The number of H-pyrrole nitrogens is 1. The first-order chi connectivity index (χ1) is 14.0. The van der Waals surface area contributed by atoms with Gasteiger partial charge < -0.3 is 9.64 Å². The van der Waals surface area contributed by atoms with Gasteiger partial charge in [-0.3, -0.25) is 5.10 Å².